The molecule has 0 spiro atoms. The number of phosphoric acid groups is 1. The third kappa shape index (κ3) is 6.81. The van der Waals surface area contributed by atoms with Crippen molar-refractivity contribution in [1.29, 1.82) is 10.5 Å². The van der Waals surface area contributed by atoms with Gasteiger partial charge in [0.15, 0.2) is 11.9 Å². The van der Waals surface area contributed by atoms with Crippen molar-refractivity contribution >= 4 is 13.6 Å². The molecule has 1 unspecified atom stereocenters. The topological polar surface area (TPSA) is 119 Å². The van der Waals surface area contributed by atoms with Crippen molar-refractivity contribution in [2.45, 2.75) is 18.9 Å². The molecule has 0 bridgehead atoms. The van der Waals surface area contributed by atoms with E-state index in [9.17, 15) is 9.36 Å². The molecule has 0 fully saturated rings. The Hall–Kier alpha value is -3.00. The van der Waals surface area contributed by atoms with Crippen molar-refractivity contribution in [2.24, 2.45) is 0 Å². The molecule has 2 aromatic rings. The van der Waals surface area contributed by atoms with Crippen molar-refractivity contribution in [3.63, 3.8) is 0 Å². The van der Waals surface area contributed by atoms with Gasteiger partial charge in [0.1, 0.15) is 5.75 Å². The Bertz CT molecular complexity index is 926. The van der Waals surface area contributed by atoms with Gasteiger partial charge >= 0.3 is 7.82 Å². The Kier molecular flexibility index (Phi) is 9.21. The van der Waals surface area contributed by atoms with E-state index in [2.05, 4.69) is 0 Å². The summed E-state index contributed by atoms with van der Waals surface area (Å²) in [5, 5.41) is 17.4. The standard InChI is InChI=1S/C21H21N2O6P/c1-26-19-11-9-18(10-12-19)21(20(24)17-7-3-2-4-8-17)29-30(25,27-15-5-13-22)28-16-6-14-23/h2-4,7-12,21H,5-6,15-16H2,1H3. The molecule has 0 aliphatic carbocycles. The van der Waals surface area contributed by atoms with Crippen LogP contribution in [0.4, 0.5) is 0 Å². The van der Waals surface area contributed by atoms with E-state index >= 15 is 0 Å². The number of carbonyl (C=O) groups is 1. The van der Waals surface area contributed by atoms with Crippen LogP contribution in [0.25, 0.3) is 0 Å². The van der Waals surface area contributed by atoms with E-state index in [0.29, 0.717) is 16.9 Å². The minimum atomic E-state index is -4.25. The van der Waals surface area contributed by atoms with E-state index < -0.39 is 19.7 Å². The molecule has 9 heteroatoms. The zero-order chi connectivity index (χ0) is 21.8. The smallest absolute Gasteiger partial charge is 0.475 e. The molecule has 0 saturated heterocycles. The van der Waals surface area contributed by atoms with Gasteiger partial charge in [-0.05, 0) is 17.7 Å². The first-order chi connectivity index (χ1) is 14.5. The SMILES string of the molecule is COc1ccc(C(OP(=O)(OCCC#N)OCCC#N)C(=O)c2ccccc2)cc1. The number of nitriles is 2. The summed E-state index contributed by atoms with van der Waals surface area (Å²) in [4.78, 5) is 13.1. The van der Waals surface area contributed by atoms with E-state index in [0.717, 1.165) is 0 Å². The summed E-state index contributed by atoms with van der Waals surface area (Å²) >= 11 is 0. The van der Waals surface area contributed by atoms with Crippen molar-refractivity contribution in [3.05, 3.63) is 65.7 Å². The molecule has 2 aromatic carbocycles. The number of ether oxygens (including phenoxy) is 1. The van der Waals surface area contributed by atoms with Crippen molar-refractivity contribution in [3.8, 4) is 17.9 Å². The summed E-state index contributed by atoms with van der Waals surface area (Å²) in [5.74, 6) is 0.122. The second-order valence-electron chi connectivity index (χ2n) is 5.92. The van der Waals surface area contributed by atoms with Crippen LogP contribution in [0.3, 0.4) is 0 Å². The Labute approximate surface area is 175 Å². The largest absolute Gasteiger partial charge is 0.497 e. The van der Waals surface area contributed by atoms with Crippen LogP contribution in [0, 0.1) is 22.7 Å². The van der Waals surface area contributed by atoms with Crippen molar-refractivity contribution in [2.75, 3.05) is 20.3 Å². The first-order valence-corrected chi connectivity index (χ1v) is 10.5. The van der Waals surface area contributed by atoms with Gasteiger partial charge in [-0.2, -0.15) is 10.5 Å². The summed E-state index contributed by atoms with van der Waals surface area (Å²) < 4.78 is 34.3. The fourth-order valence-corrected chi connectivity index (χ4v) is 3.73. The fourth-order valence-electron chi connectivity index (χ4n) is 2.43. The van der Waals surface area contributed by atoms with E-state index in [1.807, 2.05) is 12.1 Å². The minimum absolute atomic E-state index is 0.0468. The first-order valence-electron chi connectivity index (χ1n) is 9.07. The number of hydrogen-bond acceptors (Lipinski definition) is 8. The molecule has 2 rings (SSSR count). The molecule has 156 valence electrons. The van der Waals surface area contributed by atoms with Crippen LogP contribution in [0.15, 0.2) is 54.6 Å². The van der Waals surface area contributed by atoms with Gasteiger partial charge in [0.25, 0.3) is 0 Å². The number of phosphoric ester groups is 1. The van der Waals surface area contributed by atoms with E-state index in [4.69, 9.17) is 28.8 Å². The lowest BCUT2D eigenvalue weighted by molar-refractivity contribution is 0.0580. The maximum atomic E-state index is 13.1. The Morgan fingerprint density at radius 3 is 2.03 bits per heavy atom. The van der Waals surface area contributed by atoms with Gasteiger partial charge < -0.3 is 4.74 Å². The highest BCUT2D eigenvalue weighted by Gasteiger charge is 2.35. The summed E-state index contributed by atoms with van der Waals surface area (Å²) in [6, 6.07) is 18.6. The van der Waals surface area contributed by atoms with Crippen LogP contribution in [-0.2, 0) is 18.1 Å². The molecule has 0 heterocycles. The number of ketones is 1. The number of Topliss-reactive ketones (excluding diaryl/α,β-unsaturated/α-hetero) is 1. The fraction of sp³-hybridized carbons (Fsp3) is 0.286. The average Bonchev–Trinajstić information content (AvgIpc) is 2.78. The van der Waals surface area contributed by atoms with Gasteiger partial charge in [-0.3, -0.25) is 18.4 Å². The van der Waals surface area contributed by atoms with Crippen molar-refractivity contribution in [1.82, 2.24) is 0 Å². The van der Waals surface area contributed by atoms with Gasteiger partial charge in [0, 0.05) is 5.56 Å². The van der Waals surface area contributed by atoms with Gasteiger partial charge in [0.2, 0.25) is 0 Å². The minimum Gasteiger partial charge on any atom is -0.497 e. The molecular weight excluding hydrogens is 407 g/mol. The van der Waals surface area contributed by atoms with Crippen molar-refractivity contribution < 1.29 is 27.7 Å². The van der Waals surface area contributed by atoms with Gasteiger partial charge in [-0.1, -0.05) is 42.5 Å². The molecule has 0 N–H and O–H groups in total. The highest BCUT2D eigenvalue weighted by Crippen LogP contribution is 2.54. The quantitative estimate of drug-likeness (QED) is 0.273. The lowest BCUT2D eigenvalue weighted by atomic mass is 10.00. The normalized spacial score (nSPS) is 11.8. The molecule has 0 radical (unpaired) electrons. The second-order valence-corrected chi connectivity index (χ2v) is 7.54. The molecule has 0 aromatic heterocycles. The van der Waals surface area contributed by atoms with Crippen LogP contribution < -0.4 is 4.74 Å². The zero-order valence-electron chi connectivity index (χ0n) is 16.4. The predicted octanol–water partition coefficient (Wildman–Crippen LogP) is 4.60. The van der Waals surface area contributed by atoms with E-state index in [1.54, 1.807) is 54.6 Å². The van der Waals surface area contributed by atoms with Gasteiger partial charge in [-0.15, -0.1) is 0 Å². The molecule has 8 nitrogen and oxygen atoms in total. The highest BCUT2D eigenvalue weighted by molar-refractivity contribution is 7.48. The van der Waals surface area contributed by atoms with E-state index in [-0.39, 0.29) is 26.1 Å². The number of benzene rings is 2. The second kappa shape index (κ2) is 11.9. The maximum Gasteiger partial charge on any atom is 0.475 e. The van der Waals surface area contributed by atoms with Crippen LogP contribution >= 0.6 is 7.82 Å². The molecule has 1 atom stereocenters. The number of methoxy groups -OCH3 is 1. The highest BCUT2D eigenvalue weighted by atomic mass is 31.2. The molecule has 30 heavy (non-hydrogen) atoms. The maximum absolute atomic E-state index is 13.1. The average molecular weight is 428 g/mol. The summed E-state index contributed by atoms with van der Waals surface area (Å²) in [6.07, 6.45) is -1.39. The van der Waals surface area contributed by atoms with Crippen LogP contribution in [0.2, 0.25) is 0 Å². The van der Waals surface area contributed by atoms with Crippen LogP contribution in [0.1, 0.15) is 34.9 Å². The van der Waals surface area contributed by atoms with E-state index in [1.165, 1.54) is 7.11 Å². The number of carbonyl (C=O) groups excluding carboxylic acids is 1. The number of rotatable bonds is 12. The lowest BCUT2D eigenvalue weighted by Gasteiger charge is -2.23. The van der Waals surface area contributed by atoms with Gasteiger partial charge in [0.05, 0.1) is 45.3 Å². The summed E-state index contributed by atoms with van der Waals surface area (Å²) in [5.41, 5.74) is 0.761. The molecule has 0 aliphatic heterocycles. The molecule has 0 saturated carbocycles. The Morgan fingerprint density at radius 2 is 1.53 bits per heavy atom. The molecule has 0 aliphatic rings. The molecular formula is C21H21N2O6P. The monoisotopic (exact) mass is 428 g/mol. The first kappa shape index (κ1) is 23.3. The Morgan fingerprint density at radius 1 is 0.967 bits per heavy atom. The zero-order valence-corrected chi connectivity index (χ0v) is 17.3. The predicted molar refractivity (Wildman–Crippen MR) is 108 cm³/mol. The number of nitrogens with zero attached hydrogens (tertiary/aromatic N) is 2. The third-order valence-corrected chi connectivity index (χ3v) is 5.34. The van der Waals surface area contributed by atoms with Crippen LogP contribution in [-0.4, -0.2) is 26.1 Å². The van der Waals surface area contributed by atoms with Gasteiger partial charge in [-0.25, -0.2) is 4.57 Å². The summed E-state index contributed by atoms with van der Waals surface area (Å²) in [7, 11) is -2.74. The number of hydrogen-bond donors (Lipinski definition) is 0. The Balaban J connectivity index is 2.36. The van der Waals surface area contributed by atoms with Crippen LogP contribution in [0.5, 0.6) is 5.75 Å². The summed E-state index contributed by atoms with van der Waals surface area (Å²) in [6.45, 7) is -0.426. The lowest BCUT2D eigenvalue weighted by Crippen LogP contribution is -2.17. The third-order valence-electron chi connectivity index (χ3n) is 3.88. The molecule has 0 amide bonds.